The second-order valence-electron chi connectivity index (χ2n) is 7.42. The lowest BCUT2D eigenvalue weighted by Gasteiger charge is -2.32. The van der Waals surface area contributed by atoms with Gasteiger partial charge in [-0.15, -0.1) is 12.4 Å². The Morgan fingerprint density at radius 3 is 2.79 bits per heavy atom. The summed E-state index contributed by atoms with van der Waals surface area (Å²) >= 11 is 0. The quantitative estimate of drug-likeness (QED) is 0.715. The summed E-state index contributed by atoms with van der Waals surface area (Å²) in [6.07, 6.45) is 3.58. The molecule has 2 unspecified atom stereocenters. The molecule has 2 heterocycles. The molecular weight excluding hydrogens is 402 g/mol. The van der Waals surface area contributed by atoms with Crippen molar-refractivity contribution in [3.05, 3.63) is 23.8 Å². The first-order valence-electron chi connectivity index (χ1n) is 9.57. The van der Waals surface area contributed by atoms with E-state index in [1.165, 1.54) is 11.4 Å². The first-order chi connectivity index (χ1) is 12.9. The monoisotopic (exact) mass is 431 g/mol. The van der Waals surface area contributed by atoms with Crippen LogP contribution in [0.3, 0.4) is 0 Å². The van der Waals surface area contributed by atoms with Gasteiger partial charge >= 0.3 is 0 Å². The third kappa shape index (κ3) is 5.17. The van der Waals surface area contributed by atoms with Crippen LogP contribution in [0, 0.1) is 12.8 Å². The third-order valence-corrected chi connectivity index (χ3v) is 7.25. The summed E-state index contributed by atoms with van der Waals surface area (Å²) in [6.45, 7) is 4.16. The molecule has 2 N–H and O–H groups in total. The number of hydrogen-bond acceptors (Lipinski definition) is 5. The number of nitrogens with zero attached hydrogens (tertiary/aromatic N) is 1. The normalized spacial score (nSPS) is 23.1. The van der Waals surface area contributed by atoms with E-state index in [9.17, 15) is 13.2 Å². The fourth-order valence-electron chi connectivity index (χ4n) is 3.81. The van der Waals surface area contributed by atoms with Gasteiger partial charge in [0.1, 0.15) is 10.6 Å². The number of piperidine rings is 1. The molecule has 1 amide bonds. The van der Waals surface area contributed by atoms with Gasteiger partial charge in [0.05, 0.1) is 13.2 Å². The van der Waals surface area contributed by atoms with Crippen LogP contribution in [0.2, 0.25) is 0 Å². The van der Waals surface area contributed by atoms with Gasteiger partial charge in [-0.2, -0.15) is 4.31 Å². The van der Waals surface area contributed by atoms with Crippen molar-refractivity contribution in [3.63, 3.8) is 0 Å². The fourth-order valence-corrected chi connectivity index (χ4v) is 5.61. The average Bonchev–Trinajstić information content (AvgIpc) is 3.21. The van der Waals surface area contributed by atoms with Gasteiger partial charge in [0.2, 0.25) is 15.9 Å². The van der Waals surface area contributed by atoms with E-state index in [0.29, 0.717) is 25.4 Å². The number of sulfonamides is 1. The van der Waals surface area contributed by atoms with E-state index in [2.05, 4.69) is 10.6 Å². The second-order valence-corrected chi connectivity index (χ2v) is 9.33. The Morgan fingerprint density at radius 2 is 2.11 bits per heavy atom. The first kappa shape index (κ1) is 22.9. The van der Waals surface area contributed by atoms with Gasteiger partial charge in [0, 0.05) is 19.6 Å². The third-order valence-electron chi connectivity index (χ3n) is 5.36. The van der Waals surface area contributed by atoms with E-state index in [4.69, 9.17) is 4.74 Å². The molecule has 0 saturated carbocycles. The molecular formula is C19H30ClN3O4S. The van der Waals surface area contributed by atoms with E-state index in [1.54, 1.807) is 12.1 Å². The summed E-state index contributed by atoms with van der Waals surface area (Å²) in [5.74, 6) is 0.505. The standard InChI is InChI=1S/C19H29N3O4S.ClH/c1-14-7-8-17(26-2)18(11-14)27(24,25)22-10-4-5-15(13-22)12-21-19(23)16-6-3-9-20-16;/h7-8,11,15-16,20H,3-6,9-10,12-13H2,1-2H3,(H,21,23);1H. The molecule has 0 radical (unpaired) electrons. The van der Waals surface area contributed by atoms with Crippen LogP contribution in [0.5, 0.6) is 5.75 Å². The van der Waals surface area contributed by atoms with Gasteiger partial charge in [-0.25, -0.2) is 8.42 Å². The number of amides is 1. The molecule has 7 nitrogen and oxygen atoms in total. The zero-order valence-electron chi connectivity index (χ0n) is 16.4. The zero-order valence-corrected chi connectivity index (χ0v) is 18.1. The van der Waals surface area contributed by atoms with E-state index in [-0.39, 0.29) is 35.2 Å². The van der Waals surface area contributed by atoms with Crippen LogP contribution < -0.4 is 15.4 Å². The smallest absolute Gasteiger partial charge is 0.246 e. The molecule has 2 aliphatic rings. The molecule has 9 heteroatoms. The van der Waals surface area contributed by atoms with Crippen molar-refractivity contribution in [1.82, 2.24) is 14.9 Å². The number of ether oxygens (including phenoxy) is 1. The van der Waals surface area contributed by atoms with Gasteiger partial charge in [-0.05, 0) is 62.8 Å². The van der Waals surface area contributed by atoms with Crippen molar-refractivity contribution in [2.75, 3.05) is 33.3 Å². The number of aryl methyl sites for hydroxylation is 1. The number of halogens is 1. The van der Waals surface area contributed by atoms with Crippen LogP contribution in [0.25, 0.3) is 0 Å². The molecule has 1 aromatic carbocycles. The highest BCUT2D eigenvalue weighted by Crippen LogP contribution is 2.30. The number of benzene rings is 1. The molecule has 0 aliphatic carbocycles. The van der Waals surface area contributed by atoms with Crippen LogP contribution in [-0.4, -0.2) is 58.0 Å². The van der Waals surface area contributed by atoms with Crippen molar-refractivity contribution in [2.45, 2.75) is 43.5 Å². The first-order valence-corrected chi connectivity index (χ1v) is 11.0. The largest absolute Gasteiger partial charge is 0.495 e. The van der Waals surface area contributed by atoms with Crippen LogP contribution in [-0.2, 0) is 14.8 Å². The molecule has 158 valence electrons. The maximum atomic E-state index is 13.2. The molecule has 2 saturated heterocycles. The maximum absolute atomic E-state index is 13.2. The number of rotatable bonds is 6. The molecule has 28 heavy (non-hydrogen) atoms. The van der Waals surface area contributed by atoms with Gasteiger partial charge in [-0.3, -0.25) is 4.79 Å². The number of hydrogen-bond donors (Lipinski definition) is 2. The number of methoxy groups -OCH3 is 1. The van der Waals surface area contributed by atoms with Gasteiger partial charge < -0.3 is 15.4 Å². The zero-order chi connectivity index (χ0) is 19.4. The van der Waals surface area contributed by atoms with Crippen LogP contribution in [0.4, 0.5) is 0 Å². The lowest BCUT2D eigenvalue weighted by Crippen LogP contribution is -2.46. The summed E-state index contributed by atoms with van der Waals surface area (Å²) in [7, 11) is -2.15. The average molecular weight is 432 g/mol. The predicted octanol–water partition coefficient (Wildman–Crippen LogP) is 1.69. The van der Waals surface area contributed by atoms with Gasteiger partial charge in [0.25, 0.3) is 0 Å². The number of carbonyl (C=O) groups excluding carboxylic acids is 1. The van der Waals surface area contributed by atoms with E-state index in [0.717, 1.165) is 37.8 Å². The highest BCUT2D eigenvalue weighted by Gasteiger charge is 2.33. The Labute approximate surface area is 173 Å². The van der Waals surface area contributed by atoms with Gasteiger partial charge in [0.15, 0.2) is 0 Å². The van der Waals surface area contributed by atoms with Crippen LogP contribution in [0.1, 0.15) is 31.2 Å². The van der Waals surface area contributed by atoms with Crippen LogP contribution >= 0.6 is 12.4 Å². The molecule has 1 aromatic rings. The molecule has 0 aromatic heterocycles. The maximum Gasteiger partial charge on any atom is 0.246 e. The minimum absolute atomic E-state index is 0. The molecule has 2 aliphatic heterocycles. The SMILES string of the molecule is COc1ccc(C)cc1S(=O)(=O)N1CCCC(CNC(=O)C2CCCN2)C1.Cl. The molecule has 2 fully saturated rings. The van der Waals surface area contributed by atoms with Crippen molar-refractivity contribution >= 4 is 28.3 Å². The lowest BCUT2D eigenvalue weighted by atomic mass is 9.99. The Kier molecular flexibility index (Phi) is 8.12. The molecule has 2 atom stereocenters. The minimum Gasteiger partial charge on any atom is -0.495 e. The Bertz CT molecular complexity index is 781. The van der Waals surface area contributed by atoms with Crippen molar-refractivity contribution in [2.24, 2.45) is 5.92 Å². The summed E-state index contributed by atoms with van der Waals surface area (Å²) in [6, 6.07) is 5.08. The second kappa shape index (κ2) is 9.91. The molecule has 0 spiro atoms. The summed E-state index contributed by atoms with van der Waals surface area (Å²) < 4.78 is 33.1. The van der Waals surface area contributed by atoms with E-state index >= 15 is 0 Å². The Hall–Kier alpha value is -1.35. The summed E-state index contributed by atoms with van der Waals surface area (Å²) in [5.41, 5.74) is 0.874. The van der Waals surface area contributed by atoms with Crippen molar-refractivity contribution in [1.29, 1.82) is 0 Å². The fraction of sp³-hybridized carbons (Fsp3) is 0.632. The van der Waals surface area contributed by atoms with E-state index < -0.39 is 10.0 Å². The Morgan fingerprint density at radius 1 is 1.32 bits per heavy atom. The number of carbonyl (C=O) groups is 1. The van der Waals surface area contributed by atoms with E-state index in [1.807, 2.05) is 13.0 Å². The molecule has 0 bridgehead atoms. The summed E-state index contributed by atoms with van der Waals surface area (Å²) in [4.78, 5) is 12.4. The lowest BCUT2D eigenvalue weighted by molar-refractivity contribution is -0.123. The van der Waals surface area contributed by atoms with Crippen LogP contribution in [0.15, 0.2) is 23.1 Å². The minimum atomic E-state index is -3.63. The predicted molar refractivity (Wildman–Crippen MR) is 110 cm³/mol. The molecule has 3 rings (SSSR count). The van der Waals surface area contributed by atoms with Crippen molar-refractivity contribution in [3.8, 4) is 5.75 Å². The topological polar surface area (TPSA) is 87.7 Å². The van der Waals surface area contributed by atoms with Gasteiger partial charge in [-0.1, -0.05) is 6.07 Å². The summed E-state index contributed by atoms with van der Waals surface area (Å²) in [5, 5.41) is 6.17. The highest BCUT2D eigenvalue weighted by molar-refractivity contribution is 7.89. The van der Waals surface area contributed by atoms with Crippen molar-refractivity contribution < 1.29 is 17.9 Å². The Balaban J connectivity index is 0.00000280. The highest BCUT2D eigenvalue weighted by atomic mass is 35.5. The number of nitrogens with one attached hydrogen (secondary N) is 2.